The Balaban J connectivity index is 1.33. The Hall–Kier alpha value is -3.90. The highest BCUT2D eigenvalue weighted by Crippen LogP contribution is 2.43. The summed E-state index contributed by atoms with van der Waals surface area (Å²) in [7, 11) is 0. The maximum absolute atomic E-state index is 13.2. The Morgan fingerprint density at radius 2 is 1.55 bits per heavy atom. The lowest BCUT2D eigenvalue weighted by atomic mass is 9.87. The van der Waals surface area contributed by atoms with Gasteiger partial charge in [-0.3, -0.25) is 9.59 Å². The van der Waals surface area contributed by atoms with Crippen molar-refractivity contribution in [3.63, 3.8) is 0 Å². The van der Waals surface area contributed by atoms with E-state index in [1.807, 2.05) is 60.7 Å². The number of para-hydroxylation sites is 2. The van der Waals surface area contributed by atoms with Crippen molar-refractivity contribution in [2.75, 3.05) is 6.54 Å². The molecule has 0 saturated heterocycles. The number of carbonyl (C=O) groups is 1. The number of aromatic nitrogens is 2. The van der Waals surface area contributed by atoms with Gasteiger partial charge in [-0.1, -0.05) is 60.1 Å². The van der Waals surface area contributed by atoms with Crippen molar-refractivity contribution >= 4 is 17.5 Å². The maximum Gasteiger partial charge on any atom is 0.266 e. The van der Waals surface area contributed by atoms with Gasteiger partial charge in [0.15, 0.2) is 0 Å². The lowest BCUT2D eigenvalue weighted by molar-refractivity contribution is -0.121. The molecule has 0 spiro atoms. The van der Waals surface area contributed by atoms with Crippen LogP contribution in [-0.2, 0) is 11.3 Å². The van der Waals surface area contributed by atoms with E-state index in [1.165, 1.54) is 10.7 Å². The van der Waals surface area contributed by atoms with Crippen LogP contribution in [0.1, 0.15) is 17.0 Å². The van der Waals surface area contributed by atoms with Crippen molar-refractivity contribution in [2.24, 2.45) is 0 Å². The van der Waals surface area contributed by atoms with Crippen LogP contribution in [0, 0.1) is 0 Å². The van der Waals surface area contributed by atoms with E-state index >= 15 is 0 Å². The van der Waals surface area contributed by atoms with Gasteiger partial charge in [0.05, 0.1) is 18.2 Å². The number of halogens is 1. The summed E-state index contributed by atoms with van der Waals surface area (Å²) in [6.45, 7) is 0.510. The van der Waals surface area contributed by atoms with Crippen molar-refractivity contribution in [3.05, 3.63) is 111 Å². The second-order valence-electron chi connectivity index (χ2n) is 7.69. The summed E-state index contributed by atoms with van der Waals surface area (Å²) in [6.07, 6.45) is 0. The van der Waals surface area contributed by atoms with Gasteiger partial charge in [-0.05, 0) is 30.3 Å². The van der Waals surface area contributed by atoms with E-state index in [0.717, 1.165) is 16.7 Å². The van der Waals surface area contributed by atoms with Crippen LogP contribution < -0.4 is 15.6 Å². The fourth-order valence-corrected chi connectivity index (χ4v) is 4.09. The van der Waals surface area contributed by atoms with Gasteiger partial charge in [-0.25, -0.2) is 4.68 Å². The predicted octanol–water partition coefficient (Wildman–Crippen LogP) is 4.62. The molecule has 0 saturated carbocycles. The molecular formula is C26H20ClN3O3. The van der Waals surface area contributed by atoms with Crippen LogP contribution in [0.4, 0.5) is 0 Å². The third-order valence-corrected chi connectivity index (χ3v) is 5.82. The smallest absolute Gasteiger partial charge is 0.266 e. The van der Waals surface area contributed by atoms with Crippen molar-refractivity contribution < 1.29 is 9.53 Å². The minimum Gasteiger partial charge on any atom is -0.457 e. The monoisotopic (exact) mass is 457 g/mol. The third-order valence-electron chi connectivity index (χ3n) is 5.57. The molecular weight excluding hydrogens is 438 g/mol. The van der Waals surface area contributed by atoms with Crippen molar-refractivity contribution in [1.82, 2.24) is 15.1 Å². The molecule has 1 aromatic heterocycles. The highest BCUT2D eigenvalue weighted by Gasteiger charge is 2.32. The van der Waals surface area contributed by atoms with Gasteiger partial charge < -0.3 is 10.1 Å². The zero-order valence-corrected chi connectivity index (χ0v) is 18.3. The molecule has 4 aromatic rings. The lowest BCUT2D eigenvalue weighted by Gasteiger charge is -2.27. The molecule has 3 aromatic carbocycles. The number of ether oxygens (including phenoxy) is 1. The summed E-state index contributed by atoms with van der Waals surface area (Å²) < 4.78 is 7.32. The van der Waals surface area contributed by atoms with Crippen LogP contribution >= 0.6 is 11.6 Å². The minimum atomic E-state index is -0.490. The van der Waals surface area contributed by atoms with Crippen LogP contribution in [0.5, 0.6) is 11.5 Å². The fraction of sp³-hybridized carbons (Fsp3) is 0.115. The van der Waals surface area contributed by atoms with E-state index in [2.05, 4.69) is 10.4 Å². The molecule has 164 valence electrons. The summed E-state index contributed by atoms with van der Waals surface area (Å²) in [6, 6.07) is 25.5. The Morgan fingerprint density at radius 3 is 2.21 bits per heavy atom. The first-order chi connectivity index (χ1) is 16.1. The molecule has 7 heteroatoms. The normalized spacial score (nSPS) is 12.4. The molecule has 0 fully saturated rings. The first-order valence-corrected chi connectivity index (χ1v) is 11.0. The zero-order chi connectivity index (χ0) is 22.8. The van der Waals surface area contributed by atoms with Crippen LogP contribution in [0.3, 0.4) is 0 Å². The quantitative estimate of drug-likeness (QED) is 0.474. The SMILES string of the molecule is O=C(NCCn1nc(-c2ccc(Cl)cc2)ccc1=O)C1c2ccccc2Oc2ccccc21. The van der Waals surface area contributed by atoms with Crippen molar-refractivity contribution in [2.45, 2.75) is 12.5 Å². The first kappa shape index (κ1) is 21.0. The number of benzene rings is 3. The number of nitrogens with one attached hydrogen (secondary N) is 1. The Kier molecular flexibility index (Phi) is 5.67. The Labute approximate surface area is 195 Å². The molecule has 0 atom stereocenters. The molecule has 1 N–H and O–H groups in total. The van der Waals surface area contributed by atoms with Crippen LogP contribution in [0.2, 0.25) is 5.02 Å². The number of fused-ring (bicyclic) bond motifs is 2. The van der Waals surface area contributed by atoms with Crippen LogP contribution in [-0.4, -0.2) is 22.2 Å². The number of carbonyl (C=O) groups excluding carboxylic acids is 1. The average molecular weight is 458 g/mol. The molecule has 1 aliphatic rings. The van der Waals surface area contributed by atoms with Gasteiger partial charge in [0.25, 0.3) is 5.56 Å². The number of rotatable bonds is 5. The van der Waals surface area contributed by atoms with Gasteiger partial charge in [-0.2, -0.15) is 5.10 Å². The largest absolute Gasteiger partial charge is 0.457 e. The van der Waals surface area contributed by atoms with Gasteiger partial charge in [0.2, 0.25) is 5.91 Å². The van der Waals surface area contributed by atoms with Gasteiger partial charge in [0.1, 0.15) is 11.5 Å². The lowest BCUT2D eigenvalue weighted by Crippen LogP contribution is -2.35. The van der Waals surface area contributed by atoms with E-state index in [-0.39, 0.29) is 24.6 Å². The van der Waals surface area contributed by atoms with Gasteiger partial charge in [0, 0.05) is 34.3 Å². The summed E-state index contributed by atoms with van der Waals surface area (Å²) >= 11 is 5.96. The van der Waals surface area contributed by atoms with Gasteiger partial charge in [-0.15, -0.1) is 0 Å². The fourth-order valence-electron chi connectivity index (χ4n) is 3.96. The molecule has 6 nitrogen and oxygen atoms in total. The highest BCUT2D eigenvalue weighted by molar-refractivity contribution is 6.30. The molecule has 1 aliphatic heterocycles. The molecule has 0 radical (unpaired) electrons. The average Bonchev–Trinajstić information content (AvgIpc) is 2.84. The highest BCUT2D eigenvalue weighted by atomic mass is 35.5. The topological polar surface area (TPSA) is 73.2 Å². The number of nitrogens with zero attached hydrogens (tertiary/aromatic N) is 2. The second kappa shape index (κ2) is 8.92. The maximum atomic E-state index is 13.2. The molecule has 33 heavy (non-hydrogen) atoms. The minimum absolute atomic E-state index is 0.153. The standard InChI is InChI=1S/C26H20ClN3O3/c27-18-11-9-17(10-12-18)21-13-14-24(31)30(29-21)16-15-28-26(32)25-19-5-1-3-7-22(19)33-23-8-4-2-6-20(23)25/h1-14,25H,15-16H2,(H,28,32). The van der Waals surface area contributed by atoms with E-state index in [4.69, 9.17) is 16.3 Å². The summed E-state index contributed by atoms with van der Waals surface area (Å²) in [5, 5.41) is 8.04. The van der Waals surface area contributed by atoms with Crippen LogP contribution in [0.15, 0.2) is 89.7 Å². The summed E-state index contributed by atoms with van der Waals surface area (Å²) in [5.74, 6) is 0.700. The Morgan fingerprint density at radius 1 is 0.909 bits per heavy atom. The van der Waals surface area contributed by atoms with E-state index in [0.29, 0.717) is 22.2 Å². The van der Waals surface area contributed by atoms with E-state index < -0.39 is 5.92 Å². The predicted molar refractivity (Wildman–Crippen MR) is 127 cm³/mol. The first-order valence-electron chi connectivity index (χ1n) is 10.6. The Bertz CT molecular complexity index is 1340. The second-order valence-corrected chi connectivity index (χ2v) is 8.13. The van der Waals surface area contributed by atoms with Crippen LogP contribution in [0.25, 0.3) is 11.3 Å². The number of hydrogen-bond acceptors (Lipinski definition) is 4. The van der Waals surface area contributed by atoms with E-state index in [1.54, 1.807) is 18.2 Å². The zero-order valence-electron chi connectivity index (χ0n) is 17.6. The molecule has 0 unspecified atom stereocenters. The summed E-state index contributed by atoms with van der Waals surface area (Å²) in [4.78, 5) is 25.5. The molecule has 0 bridgehead atoms. The third kappa shape index (κ3) is 4.25. The molecule has 5 rings (SSSR count). The molecule has 1 amide bonds. The number of amides is 1. The summed E-state index contributed by atoms with van der Waals surface area (Å²) in [5.41, 5.74) is 2.91. The molecule has 0 aliphatic carbocycles. The van der Waals surface area contributed by atoms with E-state index in [9.17, 15) is 9.59 Å². The van der Waals surface area contributed by atoms with Gasteiger partial charge >= 0.3 is 0 Å². The van der Waals surface area contributed by atoms with Crippen molar-refractivity contribution in [1.29, 1.82) is 0 Å². The molecule has 2 heterocycles. The number of hydrogen-bond donors (Lipinski definition) is 1. The van der Waals surface area contributed by atoms with Crippen molar-refractivity contribution in [3.8, 4) is 22.8 Å².